The summed E-state index contributed by atoms with van der Waals surface area (Å²) in [7, 11) is 0. The van der Waals surface area contributed by atoms with E-state index >= 15 is 0 Å². The summed E-state index contributed by atoms with van der Waals surface area (Å²) < 4.78 is 40.4. The minimum atomic E-state index is -4.56. The van der Waals surface area contributed by atoms with Crippen molar-refractivity contribution < 1.29 is 22.9 Å². The second-order valence-corrected chi connectivity index (χ2v) is 7.73. The first kappa shape index (κ1) is 23.5. The topological polar surface area (TPSA) is 103 Å². The number of hydrogen-bond acceptors (Lipinski definition) is 6. The normalized spacial score (nSPS) is 11.4. The molecule has 168 valence electrons. The van der Waals surface area contributed by atoms with Crippen molar-refractivity contribution in [1.29, 1.82) is 0 Å². The lowest BCUT2D eigenvalue weighted by Crippen LogP contribution is -2.16. The lowest BCUT2D eigenvalue weighted by Gasteiger charge is -2.12. The van der Waals surface area contributed by atoms with Gasteiger partial charge in [-0.15, -0.1) is 10.2 Å². The van der Waals surface area contributed by atoms with E-state index in [1.807, 2.05) is 6.92 Å². The molecular formula is C19H15ClF3N5O3S. The number of thioether (sulfide) groups is 1. The van der Waals surface area contributed by atoms with Crippen LogP contribution in [0.1, 0.15) is 12.5 Å². The van der Waals surface area contributed by atoms with Gasteiger partial charge in [0.15, 0.2) is 11.0 Å². The molecule has 1 aromatic heterocycles. The van der Waals surface area contributed by atoms with Gasteiger partial charge >= 0.3 is 6.18 Å². The quantitative estimate of drug-likeness (QED) is 0.277. The molecule has 1 amide bonds. The third kappa shape index (κ3) is 5.37. The van der Waals surface area contributed by atoms with Crippen molar-refractivity contribution in [3.63, 3.8) is 0 Å². The van der Waals surface area contributed by atoms with Crippen LogP contribution in [0.25, 0.3) is 11.4 Å². The highest BCUT2D eigenvalue weighted by Gasteiger charge is 2.31. The Labute approximate surface area is 188 Å². The van der Waals surface area contributed by atoms with E-state index < -0.39 is 22.6 Å². The van der Waals surface area contributed by atoms with Crippen LogP contribution in [-0.2, 0) is 17.5 Å². The molecule has 0 radical (unpaired) electrons. The van der Waals surface area contributed by atoms with Gasteiger partial charge in [0.25, 0.3) is 5.69 Å². The number of hydrogen-bond donors (Lipinski definition) is 1. The first-order valence-electron chi connectivity index (χ1n) is 9.07. The van der Waals surface area contributed by atoms with Gasteiger partial charge in [-0.25, -0.2) is 0 Å². The Bertz CT molecular complexity index is 1150. The Balaban J connectivity index is 1.71. The molecule has 0 aliphatic heterocycles. The number of nitrogens with zero attached hydrogens (tertiary/aromatic N) is 4. The van der Waals surface area contributed by atoms with E-state index in [2.05, 4.69) is 15.5 Å². The fourth-order valence-electron chi connectivity index (χ4n) is 2.74. The van der Waals surface area contributed by atoms with Crippen LogP contribution in [-0.4, -0.2) is 31.3 Å². The SMILES string of the molecule is CCn1c(SCC(=O)Nc2cc(C(F)(F)F)ccc2Cl)nnc1-c1ccc([N+](=O)[O-])cc1. The molecule has 0 saturated heterocycles. The molecule has 1 heterocycles. The maximum absolute atomic E-state index is 12.9. The van der Waals surface area contributed by atoms with Gasteiger partial charge in [-0.05, 0) is 37.3 Å². The highest BCUT2D eigenvalue weighted by molar-refractivity contribution is 7.99. The summed E-state index contributed by atoms with van der Waals surface area (Å²) in [4.78, 5) is 22.6. The van der Waals surface area contributed by atoms with Gasteiger partial charge < -0.3 is 9.88 Å². The molecule has 0 fully saturated rings. The predicted octanol–water partition coefficient (Wildman–Crippen LogP) is 5.28. The average Bonchev–Trinajstić information content (AvgIpc) is 3.16. The van der Waals surface area contributed by atoms with Crippen molar-refractivity contribution in [3.8, 4) is 11.4 Å². The molecule has 0 aliphatic carbocycles. The Morgan fingerprint density at radius 1 is 1.22 bits per heavy atom. The minimum Gasteiger partial charge on any atom is -0.324 e. The second-order valence-electron chi connectivity index (χ2n) is 6.38. The number of halogens is 4. The van der Waals surface area contributed by atoms with Gasteiger partial charge in [0.2, 0.25) is 5.91 Å². The Kier molecular flexibility index (Phi) is 7.04. The number of nitro groups is 1. The van der Waals surface area contributed by atoms with Crippen molar-refractivity contribution in [2.24, 2.45) is 0 Å². The molecule has 1 N–H and O–H groups in total. The highest BCUT2D eigenvalue weighted by atomic mass is 35.5. The molecule has 3 rings (SSSR count). The molecule has 0 unspecified atom stereocenters. The van der Waals surface area contributed by atoms with Crippen molar-refractivity contribution in [1.82, 2.24) is 14.8 Å². The van der Waals surface area contributed by atoms with E-state index in [1.165, 1.54) is 12.1 Å². The number of nitrogens with one attached hydrogen (secondary N) is 1. The first-order chi connectivity index (χ1) is 15.1. The van der Waals surface area contributed by atoms with E-state index in [1.54, 1.807) is 16.7 Å². The molecule has 0 saturated carbocycles. The molecule has 3 aromatic rings. The number of amides is 1. The fourth-order valence-corrected chi connectivity index (χ4v) is 3.71. The Morgan fingerprint density at radius 2 is 1.91 bits per heavy atom. The minimum absolute atomic E-state index is 0.0199. The summed E-state index contributed by atoms with van der Waals surface area (Å²) in [6.45, 7) is 2.30. The van der Waals surface area contributed by atoms with Gasteiger partial charge in [-0.2, -0.15) is 13.2 Å². The Morgan fingerprint density at radius 3 is 2.50 bits per heavy atom. The lowest BCUT2D eigenvalue weighted by molar-refractivity contribution is -0.384. The fraction of sp³-hybridized carbons (Fsp3) is 0.211. The van der Waals surface area contributed by atoms with Gasteiger partial charge in [-0.1, -0.05) is 23.4 Å². The van der Waals surface area contributed by atoms with Crippen molar-refractivity contribution in [2.45, 2.75) is 24.8 Å². The van der Waals surface area contributed by atoms with Crippen molar-refractivity contribution >= 4 is 40.6 Å². The zero-order valence-electron chi connectivity index (χ0n) is 16.4. The number of carbonyl (C=O) groups is 1. The number of aromatic nitrogens is 3. The largest absolute Gasteiger partial charge is 0.416 e. The van der Waals surface area contributed by atoms with E-state index in [0.29, 0.717) is 23.1 Å². The van der Waals surface area contributed by atoms with Crippen molar-refractivity contribution in [3.05, 3.63) is 63.2 Å². The molecular weight excluding hydrogens is 471 g/mol. The number of benzene rings is 2. The number of anilines is 1. The standard InChI is InChI=1S/C19H15ClF3N5O3S/c1-2-27-17(11-3-6-13(7-4-11)28(30)31)25-26-18(27)32-10-16(29)24-15-9-12(19(21,22)23)5-8-14(15)20/h3-9H,2,10H2,1H3,(H,24,29). The number of carbonyl (C=O) groups excluding carboxylic acids is 1. The van der Waals surface area contributed by atoms with Crippen LogP contribution < -0.4 is 5.32 Å². The molecule has 0 spiro atoms. The van der Waals surface area contributed by atoms with Crippen LogP contribution in [0.15, 0.2) is 47.6 Å². The second kappa shape index (κ2) is 9.57. The lowest BCUT2D eigenvalue weighted by atomic mass is 10.2. The number of nitro benzene ring substituents is 1. The van der Waals surface area contributed by atoms with Crippen LogP contribution in [0.3, 0.4) is 0 Å². The van der Waals surface area contributed by atoms with Crippen LogP contribution in [0.5, 0.6) is 0 Å². The number of non-ortho nitro benzene ring substituents is 1. The monoisotopic (exact) mass is 485 g/mol. The van der Waals surface area contributed by atoms with E-state index in [-0.39, 0.29) is 22.2 Å². The average molecular weight is 486 g/mol. The van der Waals surface area contributed by atoms with Gasteiger partial charge in [0.1, 0.15) is 0 Å². The van der Waals surface area contributed by atoms with Crippen LogP contribution >= 0.6 is 23.4 Å². The molecule has 8 nitrogen and oxygen atoms in total. The van der Waals surface area contributed by atoms with Gasteiger partial charge in [-0.3, -0.25) is 14.9 Å². The summed E-state index contributed by atoms with van der Waals surface area (Å²) in [5, 5.41) is 21.7. The Hall–Kier alpha value is -3.12. The molecule has 32 heavy (non-hydrogen) atoms. The molecule has 0 aliphatic rings. The summed E-state index contributed by atoms with van der Waals surface area (Å²) in [5.41, 5.74) is -0.522. The van der Waals surface area contributed by atoms with Crippen molar-refractivity contribution in [2.75, 3.05) is 11.1 Å². The van der Waals surface area contributed by atoms with Gasteiger partial charge in [0.05, 0.1) is 26.9 Å². The third-order valence-electron chi connectivity index (χ3n) is 4.27. The molecule has 13 heteroatoms. The van der Waals surface area contributed by atoms with Gasteiger partial charge in [0, 0.05) is 24.2 Å². The number of rotatable bonds is 7. The molecule has 0 atom stereocenters. The summed E-state index contributed by atoms with van der Waals surface area (Å²) in [6, 6.07) is 8.46. The first-order valence-corrected chi connectivity index (χ1v) is 10.4. The summed E-state index contributed by atoms with van der Waals surface area (Å²) >= 11 is 6.94. The maximum Gasteiger partial charge on any atom is 0.416 e. The number of alkyl halides is 3. The molecule has 2 aromatic carbocycles. The van der Waals surface area contributed by atoms with Crippen LogP contribution in [0, 0.1) is 10.1 Å². The van der Waals surface area contributed by atoms with E-state index in [0.717, 1.165) is 30.0 Å². The van der Waals surface area contributed by atoms with Crippen LogP contribution in [0.2, 0.25) is 5.02 Å². The zero-order valence-corrected chi connectivity index (χ0v) is 18.0. The zero-order chi connectivity index (χ0) is 23.5. The highest BCUT2D eigenvalue weighted by Crippen LogP contribution is 2.34. The van der Waals surface area contributed by atoms with E-state index in [9.17, 15) is 28.1 Å². The maximum atomic E-state index is 12.9. The third-order valence-corrected chi connectivity index (χ3v) is 5.57. The smallest absolute Gasteiger partial charge is 0.324 e. The van der Waals surface area contributed by atoms with E-state index in [4.69, 9.17) is 11.6 Å². The summed E-state index contributed by atoms with van der Waals surface area (Å²) in [5.74, 6) is -0.254. The predicted molar refractivity (Wildman–Crippen MR) is 114 cm³/mol. The van der Waals surface area contributed by atoms with Crippen LogP contribution in [0.4, 0.5) is 24.5 Å². The molecule has 0 bridgehead atoms. The summed E-state index contributed by atoms with van der Waals surface area (Å²) in [6.07, 6.45) is -4.56.